The van der Waals surface area contributed by atoms with Crippen molar-refractivity contribution in [1.82, 2.24) is 0 Å². The van der Waals surface area contributed by atoms with Crippen LogP contribution in [0.4, 0.5) is 0 Å². The fourth-order valence-corrected chi connectivity index (χ4v) is 8.91. The lowest BCUT2D eigenvalue weighted by molar-refractivity contribution is -0.167. The Balaban J connectivity index is 4.33. The van der Waals surface area contributed by atoms with Gasteiger partial charge in [0.05, 0.1) is 0 Å². The standard InChI is InChI=1S/C61H114O6/c1-4-7-10-13-16-19-22-25-28-30-31-32-34-36-39-42-45-48-51-54-60(63)66-57-58(56-65-59(62)53-50-47-44-41-38-35-27-24-21-18-15-12-9-6-3)67-61(64)55-52-49-46-43-40-37-33-29-26-23-20-17-14-11-8-5-2/h29-31,33,58H,4-28,32,34-57H2,1-3H3/b31-30-,33-29-. The van der Waals surface area contributed by atoms with Crippen molar-refractivity contribution in [3.63, 3.8) is 0 Å². The van der Waals surface area contributed by atoms with Gasteiger partial charge in [-0.3, -0.25) is 14.4 Å². The van der Waals surface area contributed by atoms with Gasteiger partial charge in [0.15, 0.2) is 6.10 Å². The first-order chi connectivity index (χ1) is 33.0. The molecule has 1 atom stereocenters. The molecule has 0 rings (SSSR count). The molecule has 0 aliphatic carbocycles. The van der Waals surface area contributed by atoms with Crippen LogP contribution in [0.2, 0.25) is 0 Å². The molecule has 0 radical (unpaired) electrons. The first-order valence-electron chi connectivity index (χ1n) is 29.8. The topological polar surface area (TPSA) is 78.9 Å². The average molecular weight is 944 g/mol. The zero-order valence-electron chi connectivity index (χ0n) is 45.2. The third kappa shape index (κ3) is 54.7. The van der Waals surface area contributed by atoms with Crippen molar-refractivity contribution in [2.24, 2.45) is 0 Å². The van der Waals surface area contributed by atoms with Crippen molar-refractivity contribution < 1.29 is 28.6 Å². The molecule has 0 saturated heterocycles. The molecule has 0 aromatic heterocycles. The summed E-state index contributed by atoms with van der Waals surface area (Å²) in [6.45, 7) is 6.68. The molecule has 0 aliphatic heterocycles. The van der Waals surface area contributed by atoms with Crippen LogP contribution < -0.4 is 0 Å². The Morgan fingerprint density at radius 3 is 0.746 bits per heavy atom. The summed E-state index contributed by atoms with van der Waals surface area (Å²) >= 11 is 0. The van der Waals surface area contributed by atoms with Gasteiger partial charge in [-0.1, -0.05) is 263 Å². The molecule has 0 N–H and O–H groups in total. The molecule has 0 saturated carbocycles. The summed E-state index contributed by atoms with van der Waals surface area (Å²) in [4.78, 5) is 38.2. The smallest absolute Gasteiger partial charge is 0.306 e. The molecule has 0 aliphatic rings. The van der Waals surface area contributed by atoms with E-state index in [4.69, 9.17) is 14.2 Å². The first-order valence-corrected chi connectivity index (χ1v) is 29.8. The van der Waals surface area contributed by atoms with E-state index in [0.29, 0.717) is 19.3 Å². The van der Waals surface area contributed by atoms with Crippen LogP contribution >= 0.6 is 0 Å². The van der Waals surface area contributed by atoms with Crippen LogP contribution in [-0.4, -0.2) is 37.2 Å². The number of unbranched alkanes of at least 4 members (excludes halogenated alkanes) is 40. The molecule has 394 valence electrons. The third-order valence-electron chi connectivity index (χ3n) is 13.4. The van der Waals surface area contributed by atoms with Crippen LogP contribution in [0.3, 0.4) is 0 Å². The highest BCUT2D eigenvalue weighted by Crippen LogP contribution is 2.16. The number of esters is 3. The molecule has 0 aromatic carbocycles. The number of carbonyl (C=O) groups excluding carboxylic acids is 3. The largest absolute Gasteiger partial charge is 0.462 e. The summed E-state index contributed by atoms with van der Waals surface area (Å²) < 4.78 is 16.9. The molecule has 0 spiro atoms. The van der Waals surface area contributed by atoms with Gasteiger partial charge in [-0.25, -0.2) is 0 Å². The number of carbonyl (C=O) groups is 3. The van der Waals surface area contributed by atoms with Gasteiger partial charge in [-0.05, 0) is 70.6 Å². The second-order valence-corrected chi connectivity index (χ2v) is 20.3. The second kappa shape index (κ2) is 56.5. The van der Waals surface area contributed by atoms with E-state index in [1.807, 2.05) is 0 Å². The SMILES string of the molecule is CCCCCCCCC/C=C\CCCCCCCC(=O)OC(COC(=O)CCCCCCCCC/C=C\CCCCCCCCCC)COC(=O)CCCCCCCCCCCCCCCC. The van der Waals surface area contributed by atoms with Gasteiger partial charge in [0.2, 0.25) is 0 Å². The van der Waals surface area contributed by atoms with Gasteiger partial charge in [-0.2, -0.15) is 0 Å². The minimum absolute atomic E-state index is 0.0714. The van der Waals surface area contributed by atoms with Crippen LogP contribution in [0, 0.1) is 0 Å². The van der Waals surface area contributed by atoms with E-state index < -0.39 is 6.10 Å². The molecule has 0 amide bonds. The zero-order chi connectivity index (χ0) is 48.6. The summed E-state index contributed by atoms with van der Waals surface area (Å²) in [7, 11) is 0. The van der Waals surface area contributed by atoms with Gasteiger partial charge in [0.1, 0.15) is 13.2 Å². The van der Waals surface area contributed by atoms with Crippen LogP contribution in [0.1, 0.15) is 329 Å². The Morgan fingerprint density at radius 1 is 0.284 bits per heavy atom. The molecule has 1 unspecified atom stereocenters. The van der Waals surface area contributed by atoms with Gasteiger partial charge < -0.3 is 14.2 Å². The van der Waals surface area contributed by atoms with E-state index in [-0.39, 0.29) is 31.1 Å². The van der Waals surface area contributed by atoms with E-state index in [9.17, 15) is 14.4 Å². The Kier molecular flexibility index (Phi) is 54.7. The summed E-state index contributed by atoms with van der Waals surface area (Å²) in [5.41, 5.74) is 0. The van der Waals surface area contributed by atoms with Crippen molar-refractivity contribution in [1.29, 1.82) is 0 Å². The summed E-state index contributed by atoms with van der Waals surface area (Å²) in [5.74, 6) is -0.863. The lowest BCUT2D eigenvalue weighted by Gasteiger charge is -2.18. The second-order valence-electron chi connectivity index (χ2n) is 20.3. The van der Waals surface area contributed by atoms with Gasteiger partial charge in [-0.15, -0.1) is 0 Å². The van der Waals surface area contributed by atoms with E-state index in [0.717, 1.165) is 64.2 Å². The van der Waals surface area contributed by atoms with Crippen LogP contribution in [0.5, 0.6) is 0 Å². The van der Waals surface area contributed by atoms with Crippen LogP contribution in [0.15, 0.2) is 24.3 Å². The summed E-state index contributed by atoms with van der Waals surface area (Å²) in [6, 6.07) is 0. The lowest BCUT2D eigenvalue weighted by atomic mass is 10.0. The predicted molar refractivity (Wildman–Crippen MR) is 289 cm³/mol. The minimum Gasteiger partial charge on any atom is -0.462 e. The normalized spacial score (nSPS) is 12.1. The maximum Gasteiger partial charge on any atom is 0.306 e. The highest BCUT2D eigenvalue weighted by molar-refractivity contribution is 5.71. The van der Waals surface area contributed by atoms with Crippen molar-refractivity contribution in [3.05, 3.63) is 24.3 Å². The molecule has 0 aromatic rings. The van der Waals surface area contributed by atoms with E-state index in [2.05, 4.69) is 45.1 Å². The molecule has 0 bridgehead atoms. The fraction of sp³-hybridized carbons (Fsp3) is 0.885. The predicted octanol–water partition coefficient (Wildman–Crippen LogP) is 19.9. The van der Waals surface area contributed by atoms with E-state index >= 15 is 0 Å². The van der Waals surface area contributed by atoms with Gasteiger partial charge >= 0.3 is 17.9 Å². The Bertz CT molecular complexity index is 1080. The average Bonchev–Trinajstić information content (AvgIpc) is 3.33. The van der Waals surface area contributed by atoms with Crippen molar-refractivity contribution in [3.8, 4) is 0 Å². The Labute approximate surface area is 417 Å². The number of hydrogen-bond acceptors (Lipinski definition) is 6. The molecule has 67 heavy (non-hydrogen) atoms. The van der Waals surface area contributed by atoms with Crippen LogP contribution in [0.25, 0.3) is 0 Å². The Hall–Kier alpha value is -2.11. The summed E-state index contributed by atoms with van der Waals surface area (Å²) in [6.07, 6.45) is 66.0. The van der Waals surface area contributed by atoms with Gasteiger partial charge in [0.25, 0.3) is 0 Å². The monoisotopic (exact) mass is 943 g/mol. The van der Waals surface area contributed by atoms with Crippen molar-refractivity contribution >= 4 is 17.9 Å². The maximum absolute atomic E-state index is 12.9. The molecule has 6 nitrogen and oxygen atoms in total. The fourth-order valence-electron chi connectivity index (χ4n) is 8.91. The maximum atomic E-state index is 12.9. The number of rotatable bonds is 55. The molecule has 0 fully saturated rings. The Morgan fingerprint density at radius 2 is 0.493 bits per heavy atom. The van der Waals surface area contributed by atoms with Crippen LogP contribution in [-0.2, 0) is 28.6 Å². The highest BCUT2D eigenvalue weighted by Gasteiger charge is 2.19. The number of hydrogen-bond donors (Lipinski definition) is 0. The van der Waals surface area contributed by atoms with Crippen molar-refractivity contribution in [2.45, 2.75) is 335 Å². The summed E-state index contributed by atoms with van der Waals surface area (Å²) in [5, 5.41) is 0. The zero-order valence-corrected chi connectivity index (χ0v) is 45.2. The number of allylic oxidation sites excluding steroid dienone is 4. The molecular weight excluding hydrogens is 829 g/mol. The van der Waals surface area contributed by atoms with E-state index in [1.54, 1.807) is 0 Å². The van der Waals surface area contributed by atoms with E-state index in [1.165, 1.54) is 225 Å². The quantitative estimate of drug-likeness (QED) is 0.0262. The third-order valence-corrected chi connectivity index (χ3v) is 13.4. The minimum atomic E-state index is -0.774. The van der Waals surface area contributed by atoms with Gasteiger partial charge in [0, 0.05) is 19.3 Å². The molecule has 6 heteroatoms. The lowest BCUT2D eigenvalue weighted by Crippen LogP contribution is -2.30. The van der Waals surface area contributed by atoms with Crippen molar-refractivity contribution in [2.75, 3.05) is 13.2 Å². The molecular formula is C61H114O6. The first kappa shape index (κ1) is 64.9. The number of ether oxygens (including phenoxy) is 3. The highest BCUT2D eigenvalue weighted by atomic mass is 16.6. The molecule has 0 heterocycles.